The number of hydrogen-bond donors (Lipinski definition) is 2. The normalized spacial score (nSPS) is 10.7. The van der Waals surface area contributed by atoms with Gasteiger partial charge in [-0.15, -0.1) is 0 Å². The molecule has 5 nitrogen and oxygen atoms in total. The van der Waals surface area contributed by atoms with Crippen LogP contribution in [0.3, 0.4) is 0 Å². The molecule has 5 heteroatoms. The summed E-state index contributed by atoms with van der Waals surface area (Å²) < 4.78 is 5.21. The lowest BCUT2D eigenvalue weighted by molar-refractivity contribution is 0.102. The van der Waals surface area contributed by atoms with Gasteiger partial charge in [-0.3, -0.25) is 9.89 Å². The zero-order chi connectivity index (χ0) is 14.7. The van der Waals surface area contributed by atoms with Gasteiger partial charge >= 0.3 is 0 Å². The molecule has 0 aliphatic rings. The molecule has 1 heterocycles. The first-order valence-corrected chi connectivity index (χ1v) is 6.52. The molecule has 1 amide bonds. The van der Waals surface area contributed by atoms with Crippen molar-refractivity contribution >= 4 is 11.7 Å². The monoisotopic (exact) mass is 273 g/mol. The van der Waals surface area contributed by atoms with Crippen molar-refractivity contribution in [3.05, 3.63) is 41.1 Å². The molecule has 2 rings (SSSR count). The number of carbonyl (C=O) groups is 1. The molecular weight excluding hydrogens is 254 g/mol. The van der Waals surface area contributed by atoms with Crippen LogP contribution in [0.25, 0.3) is 0 Å². The number of aromatic nitrogens is 2. The number of hydrogen-bond acceptors (Lipinski definition) is 3. The number of amides is 1. The first-order valence-electron chi connectivity index (χ1n) is 6.52. The van der Waals surface area contributed by atoms with E-state index >= 15 is 0 Å². The first kappa shape index (κ1) is 14.1. The van der Waals surface area contributed by atoms with E-state index in [4.69, 9.17) is 4.74 Å². The Kier molecular flexibility index (Phi) is 4.08. The number of H-pyrrole nitrogens is 1. The lowest BCUT2D eigenvalue weighted by Crippen LogP contribution is -2.13. The average molecular weight is 273 g/mol. The van der Waals surface area contributed by atoms with Crippen LogP contribution in [0.4, 0.5) is 5.82 Å². The van der Waals surface area contributed by atoms with Crippen molar-refractivity contribution in [2.45, 2.75) is 26.7 Å². The summed E-state index contributed by atoms with van der Waals surface area (Å²) in [5.41, 5.74) is 2.49. The quantitative estimate of drug-likeness (QED) is 0.899. The Hall–Kier alpha value is -2.30. The number of rotatable bonds is 4. The fraction of sp³-hybridized carbons (Fsp3) is 0.333. The molecule has 1 aromatic heterocycles. The molecule has 2 N–H and O–H groups in total. The van der Waals surface area contributed by atoms with Crippen LogP contribution < -0.4 is 10.1 Å². The highest BCUT2D eigenvalue weighted by Crippen LogP contribution is 2.21. The van der Waals surface area contributed by atoms with Crippen molar-refractivity contribution < 1.29 is 9.53 Å². The number of carbonyl (C=O) groups excluding carboxylic acids is 1. The Morgan fingerprint density at radius 1 is 1.35 bits per heavy atom. The number of aryl methyl sites for hydroxylation is 1. The number of anilines is 1. The zero-order valence-electron chi connectivity index (χ0n) is 12.2. The highest BCUT2D eigenvalue weighted by molar-refractivity contribution is 6.05. The highest BCUT2D eigenvalue weighted by atomic mass is 16.5. The second-order valence-electron chi connectivity index (χ2n) is 5.02. The van der Waals surface area contributed by atoms with E-state index in [1.54, 1.807) is 19.2 Å². The number of aromatic amines is 1. The standard InChI is InChI=1S/C15H19N3O2/c1-9(2)12-8-14(18-17-12)16-15(19)11-7-10(3)5-6-13(11)20-4/h5-9H,1-4H3,(H2,16,17,18,19). The molecule has 0 bridgehead atoms. The fourth-order valence-corrected chi connectivity index (χ4v) is 1.88. The van der Waals surface area contributed by atoms with E-state index in [2.05, 4.69) is 29.4 Å². The van der Waals surface area contributed by atoms with Gasteiger partial charge in [-0.25, -0.2) is 0 Å². The van der Waals surface area contributed by atoms with E-state index in [0.29, 0.717) is 23.0 Å². The maximum absolute atomic E-state index is 12.3. The van der Waals surface area contributed by atoms with Crippen LogP contribution in [0.5, 0.6) is 5.75 Å². The summed E-state index contributed by atoms with van der Waals surface area (Å²) in [6.07, 6.45) is 0. The van der Waals surface area contributed by atoms with Gasteiger partial charge in [-0.2, -0.15) is 5.10 Å². The third kappa shape index (κ3) is 2.99. The topological polar surface area (TPSA) is 67.0 Å². The van der Waals surface area contributed by atoms with Crippen molar-refractivity contribution in [3.63, 3.8) is 0 Å². The van der Waals surface area contributed by atoms with Gasteiger partial charge in [0.1, 0.15) is 5.75 Å². The van der Waals surface area contributed by atoms with E-state index in [1.807, 2.05) is 19.1 Å². The summed E-state index contributed by atoms with van der Waals surface area (Å²) in [4.78, 5) is 12.3. The number of nitrogens with one attached hydrogen (secondary N) is 2. The van der Waals surface area contributed by atoms with Crippen LogP contribution in [0.1, 0.15) is 41.4 Å². The summed E-state index contributed by atoms with van der Waals surface area (Å²) in [5, 5.41) is 9.76. The molecule has 0 saturated heterocycles. The summed E-state index contributed by atoms with van der Waals surface area (Å²) in [6, 6.07) is 7.32. The maximum atomic E-state index is 12.3. The van der Waals surface area contributed by atoms with Crippen LogP contribution in [-0.4, -0.2) is 23.2 Å². The molecule has 0 unspecified atom stereocenters. The van der Waals surface area contributed by atoms with Crippen LogP contribution in [0.15, 0.2) is 24.3 Å². The SMILES string of the molecule is COc1ccc(C)cc1C(=O)Nc1cc(C(C)C)[nH]n1. The largest absolute Gasteiger partial charge is 0.496 e. The van der Waals surface area contributed by atoms with Gasteiger partial charge in [0.2, 0.25) is 0 Å². The molecule has 0 aliphatic heterocycles. The minimum absolute atomic E-state index is 0.229. The minimum atomic E-state index is -0.229. The zero-order valence-corrected chi connectivity index (χ0v) is 12.2. The Morgan fingerprint density at radius 2 is 2.10 bits per heavy atom. The lowest BCUT2D eigenvalue weighted by atomic mass is 10.1. The third-order valence-electron chi connectivity index (χ3n) is 3.06. The maximum Gasteiger partial charge on any atom is 0.260 e. The molecule has 0 aliphatic carbocycles. The number of nitrogens with zero attached hydrogens (tertiary/aromatic N) is 1. The van der Waals surface area contributed by atoms with Gasteiger partial charge in [0, 0.05) is 11.8 Å². The van der Waals surface area contributed by atoms with E-state index < -0.39 is 0 Å². The van der Waals surface area contributed by atoms with Crippen molar-refractivity contribution in [2.24, 2.45) is 0 Å². The molecule has 0 spiro atoms. The molecule has 1 aromatic carbocycles. The second kappa shape index (κ2) is 5.77. The molecule has 106 valence electrons. The molecular formula is C15H19N3O2. The Labute approximate surface area is 118 Å². The predicted molar refractivity (Wildman–Crippen MR) is 78.4 cm³/mol. The van der Waals surface area contributed by atoms with Gasteiger partial charge < -0.3 is 10.1 Å². The molecule has 0 atom stereocenters. The van der Waals surface area contributed by atoms with Crippen molar-refractivity contribution in [1.82, 2.24) is 10.2 Å². The number of benzene rings is 1. The van der Waals surface area contributed by atoms with Gasteiger partial charge in [-0.05, 0) is 25.0 Å². The van der Waals surface area contributed by atoms with Crippen LogP contribution in [-0.2, 0) is 0 Å². The van der Waals surface area contributed by atoms with E-state index in [9.17, 15) is 4.79 Å². The van der Waals surface area contributed by atoms with E-state index in [-0.39, 0.29) is 5.91 Å². The summed E-state index contributed by atoms with van der Waals surface area (Å²) in [7, 11) is 1.55. The van der Waals surface area contributed by atoms with E-state index in [0.717, 1.165) is 11.3 Å². The molecule has 20 heavy (non-hydrogen) atoms. The van der Waals surface area contributed by atoms with Crippen molar-refractivity contribution in [3.8, 4) is 5.75 Å². The summed E-state index contributed by atoms with van der Waals surface area (Å²) >= 11 is 0. The van der Waals surface area contributed by atoms with Crippen molar-refractivity contribution in [2.75, 3.05) is 12.4 Å². The van der Waals surface area contributed by atoms with Crippen LogP contribution >= 0.6 is 0 Å². The Balaban J connectivity index is 2.21. The Morgan fingerprint density at radius 3 is 2.70 bits per heavy atom. The third-order valence-corrected chi connectivity index (χ3v) is 3.06. The first-order chi connectivity index (χ1) is 9.51. The minimum Gasteiger partial charge on any atom is -0.496 e. The summed E-state index contributed by atoms with van der Waals surface area (Å²) in [5.74, 6) is 1.17. The Bertz CT molecular complexity index is 617. The molecule has 0 fully saturated rings. The summed E-state index contributed by atoms with van der Waals surface area (Å²) in [6.45, 7) is 6.05. The number of ether oxygens (including phenoxy) is 1. The van der Waals surface area contributed by atoms with Gasteiger partial charge in [-0.1, -0.05) is 25.5 Å². The highest BCUT2D eigenvalue weighted by Gasteiger charge is 2.14. The van der Waals surface area contributed by atoms with Gasteiger partial charge in [0.05, 0.1) is 12.7 Å². The van der Waals surface area contributed by atoms with Crippen LogP contribution in [0.2, 0.25) is 0 Å². The average Bonchev–Trinajstić information content (AvgIpc) is 2.87. The molecule has 0 saturated carbocycles. The van der Waals surface area contributed by atoms with Gasteiger partial charge in [0.15, 0.2) is 5.82 Å². The second-order valence-corrected chi connectivity index (χ2v) is 5.02. The predicted octanol–water partition coefficient (Wildman–Crippen LogP) is 3.10. The fourth-order valence-electron chi connectivity index (χ4n) is 1.88. The van der Waals surface area contributed by atoms with E-state index in [1.165, 1.54) is 0 Å². The number of methoxy groups -OCH3 is 1. The smallest absolute Gasteiger partial charge is 0.260 e. The molecule has 2 aromatic rings. The lowest BCUT2D eigenvalue weighted by Gasteiger charge is -2.08. The van der Waals surface area contributed by atoms with Gasteiger partial charge in [0.25, 0.3) is 5.91 Å². The van der Waals surface area contributed by atoms with Crippen molar-refractivity contribution in [1.29, 1.82) is 0 Å². The van der Waals surface area contributed by atoms with Crippen LogP contribution in [0, 0.1) is 6.92 Å². The molecule has 0 radical (unpaired) electrons.